The summed E-state index contributed by atoms with van der Waals surface area (Å²) < 4.78 is 37.8. The Kier molecular flexibility index (Phi) is 6.99. The smallest absolute Gasteiger partial charge is 0.259 e. The second kappa shape index (κ2) is 9.49. The SMILES string of the molecule is COc1ccc(C(=O)Nc2ccc(S(=O)(=O)N(C)C3CCCCC3)cc2)c(OC)c1. The molecule has 1 aliphatic carbocycles. The minimum absolute atomic E-state index is 0.0469. The van der Waals surface area contributed by atoms with E-state index in [1.165, 1.54) is 30.7 Å². The second-order valence-electron chi connectivity index (χ2n) is 7.36. The normalized spacial score (nSPS) is 15.1. The number of hydrogen-bond donors (Lipinski definition) is 1. The van der Waals surface area contributed by atoms with Crippen LogP contribution in [-0.2, 0) is 10.0 Å². The van der Waals surface area contributed by atoms with Gasteiger partial charge in [0.1, 0.15) is 11.5 Å². The molecule has 1 N–H and O–H groups in total. The van der Waals surface area contributed by atoms with E-state index in [-0.39, 0.29) is 16.8 Å². The summed E-state index contributed by atoms with van der Waals surface area (Å²) in [6, 6.07) is 11.2. The number of carbonyl (C=O) groups excluding carboxylic acids is 1. The molecule has 1 fully saturated rings. The van der Waals surface area contributed by atoms with Gasteiger partial charge in [-0.3, -0.25) is 4.79 Å². The zero-order valence-corrected chi connectivity index (χ0v) is 18.4. The summed E-state index contributed by atoms with van der Waals surface area (Å²) in [5, 5.41) is 2.77. The van der Waals surface area contributed by atoms with E-state index in [1.54, 1.807) is 37.4 Å². The molecule has 7 nitrogen and oxygen atoms in total. The Bertz CT molecular complexity index is 983. The molecule has 0 atom stereocenters. The van der Waals surface area contributed by atoms with Gasteiger partial charge >= 0.3 is 0 Å². The van der Waals surface area contributed by atoms with Crippen molar-refractivity contribution in [1.82, 2.24) is 4.31 Å². The van der Waals surface area contributed by atoms with Crippen molar-refractivity contribution >= 4 is 21.6 Å². The monoisotopic (exact) mass is 432 g/mol. The first-order valence-electron chi connectivity index (χ1n) is 9.98. The molecule has 0 aliphatic heterocycles. The van der Waals surface area contributed by atoms with E-state index in [0.717, 1.165) is 32.1 Å². The highest BCUT2D eigenvalue weighted by molar-refractivity contribution is 7.89. The quantitative estimate of drug-likeness (QED) is 0.717. The van der Waals surface area contributed by atoms with Gasteiger partial charge in [-0.15, -0.1) is 0 Å². The number of nitrogens with one attached hydrogen (secondary N) is 1. The fraction of sp³-hybridized carbons (Fsp3) is 0.409. The zero-order valence-electron chi connectivity index (χ0n) is 17.6. The molecular weight excluding hydrogens is 404 g/mol. The van der Waals surface area contributed by atoms with Crippen molar-refractivity contribution in [1.29, 1.82) is 0 Å². The van der Waals surface area contributed by atoms with Crippen LogP contribution in [0.2, 0.25) is 0 Å². The number of carbonyl (C=O) groups is 1. The summed E-state index contributed by atoms with van der Waals surface area (Å²) in [5.74, 6) is 0.615. The third-order valence-corrected chi connectivity index (χ3v) is 7.46. The lowest BCUT2D eigenvalue weighted by Gasteiger charge is -2.30. The molecule has 0 heterocycles. The van der Waals surface area contributed by atoms with Crippen LogP contribution in [0.5, 0.6) is 11.5 Å². The van der Waals surface area contributed by atoms with Gasteiger partial charge in [-0.2, -0.15) is 4.31 Å². The number of nitrogens with zero attached hydrogens (tertiary/aromatic N) is 1. The lowest BCUT2D eigenvalue weighted by molar-refractivity contribution is 0.102. The standard InChI is InChI=1S/C22H28N2O5S/c1-24(17-7-5-4-6-8-17)30(26,27)19-12-9-16(10-13-19)23-22(25)20-14-11-18(28-2)15-21(20)29-3/h9-15,17H,4-8H2,1-3H3,(H,23,25). The van der Waals surface area contributed by atoms with Crippen molar-refractivity contribution in [3.8, 4) is 11.5 Å². The minimum atomic E-state index is -3.57. The van der Waals surface area contributed by atoms with Gasteiger partial charge in [0.05, 0.1) is 24.7 Å². The Morgan fingerprint density at radius 1 is 1.00 bits per heavy atom. The molecule has 1 aliphatic rings. The van der Waals surface area contributed by atoms with E-state index in [9.17, 15) is 13.2 Å². The molecule has 0 spiro atoms. The average molecular weight is 433 g/mol. The van der Waals surface area contributed by atoms with Crippen molar-refractivity contribution in [2.75, 3.05) is 26.6 Å². The number of amides is 1. The molecule has 2 aromatic rings. The summed E-state index contributed by atoms with van der Waals surface area (Å²) in [7, 11) is 1.10. The van der Waals surface area contributed by atoms with Gasteiger partial charge in [0.15, 0.2) is 0 Å². The van der Waals surface area contributed by atoms with Crippen LogP contribution in [-0.4, -0.2) is 45.9 Å². The van der Waals surface area contributed by atoms with Crippen molar-refractivity contribution in [3.63, 3.8) is 0 Å². The van der Waals surface area contributed by atoms with Crippen LogP contribution in [0.4, 0.5) is 5.69 Å². The maximum atomic E-state index is 12.9. The molecule has 30 heavy (non-hydrogen) atoms. The van der Waals surface area contributed by atoms with Crippen LogP contribution in [0.3, 0.4) is 0 Å². The van der Waals surface area contributed by atoms with Crippen LogP contribution in [0.15, 0.2) is 47.4 Å². The molecule has 0 aromatic heterocycles. The molecule has 0 unspecified atom stereocenters. The molecule has 0 radical (unpaired) electrons. The summed E-state index contributed by atoms with van der Waals surface area (Å²) >= 11 is 0. The predicted molar refractivity (Wildman–Crippen MR) is 116 cm³/mol. The maximum Gasteiger partial charge on any atom is 0.259 e. The molecular formula is C22H28N2O5S. The average Bonchev–Trinajstić information content (AvgIpc) is 2.78. The Balaban J connectivity index is 1.73. The van der Waals surface area contributed by atoms with Crippen LogP contribution < -0.4 is 14.8 Å². The fourth-order valence-electron chi connectivity index (χ4n) is 3.70. The number of sulfonamides is 1. The van der Waals surface area contributed by atoms with Crippen molar-refractivity contribution in [2.24, 2.45) is 0 Å². The summed E-state index contributed by atoms with van der Waals surface area (Å²) in [4.78, 5) is 12.8. The van der Waals surface area contributed by atoms with E-state index >= 15 is 0 Å². The number of anilines is 1. The second-order valence-corrected chi connectivity index (χ2v) is 9.36. The van der Waals surface area contributed by atoms with Crippen molar-refractivity contribution in [3.05, 3.63) is 48.0 Å². The minimum Gasteiger partial charge on any atom is -0.497 e. The fourth-order valence-corrected chi connectivity index (χ4v) is 5.12. The predicted octanol–water partition coefficient (Wildman–Crippen LogP) is 3.91. The molecule has 8 heteroatoms. The highest BCUT2D eigenvalue weighted by Crippen LogP contribution is 2.28. The van der Waals surface area contributed by atoms with Crippen LogP contribution in [0, 0.1) is 0 Å². The Morgan fingerprint density at radius 3 is 2.27 bits per heavy atom. The topological polar surface area (TPSA) is 84.9 Å². The van der Waals surface area contributed by atoms with Crippen molar-refractivity contribution < 1.29 is 22.7 Å². The van der Waals surface area contributed by atoms with Gasteiger partial charge in [0.25, 0.3) is 5.91 Å². The van der Waals surface area contributed by atoms with Gasteiger partial charge in [0, 0.05) is 24.8 Å². The van der Waals surface area contributed by atoms with E-state index in [1.807, 2.05) is 0 Å². The lowest BCUT2D eigenvalue weighted by atomic mass is 9.96. The van der Waals surface area contributed by atoms with E-state index in [0.29, 0.717) is 22.7 Å². The van der Waals surface area contributed by atoms with Gasteiger partial charge < -0.3 is 14.8 Å². The zero-order chi connectivity index (χ0) is 21.7. The molecule has 1 amide bonds. The Hall–Kier alpha value is -2.58. The first-order valence-corrected chi connectivity index (χ1v) is 11.4. The third-order valence-electron chi connectivity index (χ3n) is 5.53. The van der Waals surface area contributed by atoms with Crippen LogP contribution in [0.1, 0.15) is 42.5 Å². The number of hydrogen-bond acceptors (Lipinski definition) is 5. The molecule has 162 valence electrons. The first-order chi connectivity index (χ1) is 14.4. The Morgan fingerprint density at radius 2 is 1.67 bits per heavy atom. The molecule has 1 saturated carbocycles. The van der Waals surface area contributed by atoms with Crippen LogP contribution >= 0.6 is 0 Å². The molecule has 3 rings (SSSR count). The van der Waals surface area contributed by atoms with E-state index in [4.69, 9.17) is 9.47 Å². The lowest BCUT2D eigenvalue weighted by Crippen LogP contribution is -2.38. The number of methoxy groups -OCH3 is 2. The van der Waals surface area contributed by atoms with Crippen molar-refractivity contribution in [2.45, 2.75) is 43.0 Å². The van der Waals surface area contributed by atoms with Gasteiger partial charge in [-0.05, 0) is 49.2 Å². The largest absolute Gasteiger partial charge is 0.497 e. The van der Waals surface area contributed by atoms with Crippen LogP contribution in [0.25, 0.3) is 0 Å². The van der Waals surface area contributed by atoms with E-state index < -0.39 is 10.0 Å². The highest BCUT2D eigenvalue weighted by atomic mass is 32.2. The number of benzene rings is 2. The number of ether oxygens (including phenoxy) is 2. The number of rotatable bonds is 7. The molecule has 0 saturated heterocycles. The molecule has 0 bridgehead atoms. The van der Waals surface area contributed by atoms with Gasteiger partial charge in [-0.25, -0.2) is 8.42 Å². The molecule has 2 aromatic carbocycles. The van der Waals surface area contributed by atoms with Gasteiger partial charge in [-0.1, -0.05) is 19.3 Å². The first kappa shape index (κ1) is 22.1. The van der Waals surface area contributed by atoms with Gasteiger partial charge in [0.2, 0.25) is 10.0 Å². The summed E-state index contributed by atoms with van der Waals surface area (Å²) in [6.45, 7) is 0. The Labute approximate surface area is 178 Å². The highest BCUT2D eigenvalue weighted by Gasteiger charge is 2.29. The summed E-state index contributed by atoms with van der Waals surface area (Å²) in [5.41, 5.74) is 0.851. The third kappa shape index (κ3) is 4.76. The van der Waals surface area contributed by atoms with E-state index in [2.05, 4.69) is 5.32 Å². The summed E-state index contributed by atoms with van der Waals surface area (Å²) in [6.07, 6.45) is 5.08. The maximum absolute atomic E-state index is 12.9.